The molecule has 6 heteroatoms. The number of carbonyl (C=O) groups excluding carboxylic acids is 3. The largest absolute Gasteiger partial charge is 0.383 e. The number of hydrogen-bond acceptors (Lipinski definition) is 5. The maximum absolute atomic E-state index is 12.1. The van der Waals surface area contributed by atoms with E-state index < -0.39 is 35.2 Å². The molecule has 174 valence electrons. The fourth-order valence-corrected chi connectivity index (χ4v) is 3.51. The van der Waals surface area contributed by atoms with Gasteiger partial charge in [0.05, 0.1) is 0 Å². The highest BCUT2D eigenvalue weighted by Crippen LogP contribution is 2.20. The predicted molar refractivity (Wildman–Crippen MR) is 120 cm³/mol. The molecular weight excluding hydrogens is 382 g/mol. The number of amides is 1. The van der Waals surface area contributed by atoms with Gasteiger partial charge in [0.25, 0.3) is 0 Å². The summed E-state index contributed by atoms with van der Waals surface area (Å²) in [6, 6.07) is -1.42. The number of rotatable bonds is 18. The number of aliphatic hydroxyl groups is 2. The lowest BCUT2D eigenvalue weighted by Gasteiger charge is -2.34. The Hall–Kier alpha value is -1.53. The standard InChI is InChI=1S/C24H43NO5/c1-5-6-7-8-9-10-11-12-13-14-15-16-17-18-24(30,20(3)27)23(25-21(4)28)22(29)19(2)26/h17-18,22-23,29-30H,5-16H2,1-4H3,(H,25,28)/b18-17+/t22?,23-,24+/m0/s1. The van der Waals surface area contributed by atoms with Crippen LogP contribution in [0.4, 0.5) is 0 Å². The first-order valence-electron chi connectivity index (χ1n) is 11.5. The first kappa shape index (κ1) is 28.5. The molecule has 0 aliphatic heterocycles. The zero-order chi connectivity index (χ0) is 23.0. The van der Waals surface area contributed by atoms with Crippen LogP contribution < -0.4 is 5.32 Å². The number of ketones is 2. The summed E-state index contributed by atoms with van der Waals surface area (Å²) >= 11 is 0. The Morgan fingerprint density at radius 1 is 0.867 bits per heavy atom. The molecule has 0 fully saturated rings. The highest BCUT2D eigenvalue weighted by atomic mass is 16.3. The van der Waals surface area contributed by atoms with Crippen LogP contribution in [0, 0.1) is 0 Å². The monoisotopic (exact) mass is 425 g/mol. The zero-order valence-corrected chi connectivity index (χ0v) is 19.4. The number of carbonyl (C=O) groups is 3. The molecule has 0 bridgehead atoms. The summed E-state index contributed by atoms with van der Waals surface area (Å²) in [5, 5.41) is 23.3. The van der Waals surface area contributed by atoms with Crippen LogP contribution in [0.15, 0.2) is 12.2 Å². The van der Waals surface area contributed by atoms with Crippen LogP contribution in [0.5, 0.6) is 0 Å². The summed E-state index contributed by atoms with van der Waals surface area (Å²) in [7, 11) is 0. The second-order valence-electron chi connectivity index (χ2n) is 8.34. The Morgan fingerprint density at radius 2 is 1.33 bits per heavy atom. The van der Waals surface area contributed by atoms with Gasteiger partial charge in [-0.3, -0.25) is 14.4 Å². The Morgan fingerprint density at radius 3 is 1.73 bits per heavy atom. The fraction of sp³-hybridized carbons (Fsp3) is 0.792. The molecule has 1 unspecified atom stereocenters. The van der Waals surface area contributed by atoms with E-state index in [2.05, 4.69) is 12.2 Å². The molecule has 1 amide bonds. The van der Waals surface area contributed by atoms with Crippen molar-refractivity contribution < 1.29 is 24.6 Å². The van der Waals surface area contributed by atoms with Gasteiger partial charge in [-0.2, -0.15) is 0 Å². The van der Waals surface area contributed by atoms with Gasteiger partial charge in [-0.25, -0.2) is 0 Å². The van der Waals surface area contributed by atoms with Crippen LogP contribution in [0.1, 0.15) is 105 Å². The van der Waals surface area contributed by atoms with Crippen LogP contribution >= 0.6 is 0 Å². The number of Topliss-reactive ketones (excluding diaryl/α,β-unsaturated/α-hetero) is 2. The Balaban J connectivity index is 4.42. The smallest absolute Gasteiger partial charge is 0.217 e. The first-order chi connectivity index (χ1) is 14.2. The number of aliphatic hydroxyl groups excluding tert-OH is 1. The SMILES string of the molecule is CCCCCCCCCCCCC/C=C/[C@@](O)(C(C)=O)[C@@H](NC(C)=O)C(O)C(C)=O. The van der Waals surface area contributed by atoms with Crippen LogP contribution in [-0.2, 0) is 14.4 Å². The van der Waals surface area contributed by atoms with Gasteiger partial charge in [0, 0.05) is 6.92 Å². The van der Waals surface area contributed by atoms with Gasteiger partial charge in [-0.15, -0.1) is 0 Å². The quantitative estimate of drug-likeness (QED) is 0.227. The van der Waals surface area contributed by atoms with E-state index in [1.807, 2.05) is 0 Å². The van der Waals surface area contributed by atoms with Gasteiger partial charge in [0.2, 0.25) is 5.91 Å². The Kier molecular flexibility index (Phi) is 15.4. The first-order valence-corrected chi connectivity index (χ1v) is 11.5. The summed E-state index contributed by atoms with van der Waals surface area (Å²) in [6.07, 6.45) is 15.6. The van der Waals surface area contributed by atoms with Gasteiger partial charge in [0.15, 0.2) is 17.2 Å². The molecule has 30 heavy (non-hydrogen) atoms. The summed E-state index contributed by atoms with van der Waals surface area (Å²) in [6.45, 7) is 5.76. The van der Waals surface area contributed by atoms with E-state index in [1.54, 1.807) is 6.08 Å². The minimum absolute atomic E-state index is 0.543. The number of unbranched alkanes of at least 4 members (excludes halogenated alkanes) is 11. The van der Waals surface area contributed by atoms with Crippen LogP contribution in [0.25, 0.3) is 0 Å². The predicted octanol–water partition coefficient (Wildman–Crippen LogP) is 4.02. The molecule has 0 radical (unpaired) electrons. The van der Waals surface area contributed by atoms with Crippen molar-refractivity contribution in [2.24, 2.45) is 0 Å². The maximum atomic E-state index is 12.1. The van der Waals surface area contributed by atoms with Crippen molar-refractivity contribution in [3.8, 4) is 0 Å². The summed E-state index contributed by atoms with van der Waals surface area (Å²) in [5.74, 6) is -1.82. The highest BCUT2D eigenvalue weighted by molar-refractivity contribution is 5.91. The highest BCUT2D eigenvalue weighted by Gasteiger charge is 2.45. The Labute approximate surface area is 182 Å². The lowest BCUT2D eigenvalue weighted by atomic mass is 9.84. The van der Waals surface area contributed by atoms with Gasteiger partial charge in [-0.1, -0.05) is 77.2 Å². The molecule has 0 aliphatic carbocycles. The van der Waals surface area contributed by atoms with Crippen LogP contribution in [-0.4, -0.2) is 45.4 Å². The number of nitrogens with one attached hydrogen (secondary N) is 1. The molecule has 0 spiro atoms. The van der Waals surface area contributed by atoms with Crippen LogP contribution in [0.2, 0.25) is 0 Å². The third-order valence-electron chi connectivity index (χ3n) is 5.48. The minimum atomic E-state index is -2.13. The molecule has 0 saturated carbocycles. The zero-order valence-electron chi connectivity index (χ0n) is 19.4. The molecule has 0 saturated heterocycles. The van der Waals surface area contributed by atoms with E-state index >= 15 is 0 Å². The number of hydrogen-bond donors (Lipinski definition) is 3. The van der Waals surface area contributed by atoms with Gasteiger partial charge < -0.3 is 15.5 Å². The summed E-state index contributed by atoms with van der Waals surface area (Å²) < 4.78 is 0. The average molecular weight is 426 g/mol. The molecular formula is C24H43NO5. The number of allylic oxidation sites excluding steroid dienone is 1. The summed E-state index contributed by atoms with van der Waals surface area (Å²) in [5.41, 5.74) is -2.13. The molecule has 0 aromatic carbocycles. The minimum Gasteiger partial charge on any atom is -0.383 e. The molecule has 0 aromatic rings. The second kappa shape index (κ2) is 16.2. The molecule has 3 atom stereocenters. The lowest BCUT2D eigenvalue weighted by molar-refractivity contribution is -0.142. The van der Waals surface area contributed by atoms with Crippen molar-refractivity contribution >= 4 is 17.5 Å². The fourth-order valence-electron chi connectivity index (χ4n) is 3.51. The van der Waals surface area contributed by atoms with Crippen molar-refractivity contribution in [3.63, 3.8) is 0 Å². The molecule has 0 heterocycles. The normalized spacial score (nSPS) is 15.5. The second-order valence-corrected chi connectivity index (χ2v) is 8.34. The molecule has 0 rings (SSSR count). The van der Waals surface area contributed by atoms with Crippen molar-refractivity contribution in [3.05, 3.63) is 12.2 Å². The van der Waals surface area contributed by atoms with Gasteiger partial charge in [-0.05, 0) is 32.8 Å². The van der Waals surface area contributed by atoms with Crippen molar-refractivity contribution in [1.82, 2.24) is 5.32 Å². The lowest BCUT2D eigenvalue weighted by Crippen LogP contribution is -2.62. The van der Waals surface area contributed by atoms with Crippen molar-refractivity contribution in [1.29, 1.82) is 0 Å². The van der Waals surface area contributed by atoms with E-state index in [0.717, 1.165) is 26.2 Å². The molecule has 3 N–H and O–H groups in total. The average Bonchev–Trinajstić information content (AvgIpc) is 2.68. The Bertz CT molecular complexity index is 546. The van der Waals surface area contributed by atoms with Crippen molar-refractivity contribution in [2.45, 2.75) is 122 Å². The van der Waals surface area contributed by atoms with Crippen LogP contribution in [0.3, 0.4) is 0 Å². The molecule has 6 nitrogen and oxygen atoms in total. The van der Waals surface area contributed by atoms with E-state index in [-0.39, 0.29) is 0 Å². The van der Waals surface area contributed by atoms with E-state index in [0.29, 0.717) is 6.42 Å². The third kappa shape index (κ3) is 11.6. The van der Waals surface area contributed by atoms with E-state index in [9.17, 15) is 24.6 Å². The molecule has 0 aromatic heterocycles. The molecule has 0 aliphatic rings. The summed E-state index contributed by atoms with van der Waals surface area (Å²) in [4.78, 5) is 35.1. The maximum Gasteiger partial charge on any atom is 0.217 e. The topological polar surface area (TPSA) is 104 Å². The van der Waals surface area contributed by atoms with E-state index in [4.69, 9.17) is 0 Å². The van der Waals surface area contributed by atoms with Gasteiger partial charge >= 0.3 is 0 Å². The van der Waals surface area contributed by atoms with Gasteiger partial charge in [0.1, 0.15) is 12.1 Å². The van der Waals surface area contributed by atoms with E-state index in [1.165, 1.54) is 71.3 Å². The third-order valence-corrected chi connectivity index (χ3v) is 5.48. The van der Waals surface area contributed by atoms with Crippen molar-refractivity contribution in [2.75, 3.05) is 0 Å².